The monoisotopic (exact) mass is 180 g/mol. The second-order valence-corrected chi connectivity index (χ2v) is 2.36. The van der Waals surface area contributed by atoms with Gasteiger partial charge in [0.1, 0.15) is 22.5 Å². The largest absolute Gasteiger partial charge is 1.00 e. The van der Waals surface area contributed by atoms with Crippen LogP contribution in [0.2, 0.25) is 0 Å². The molecule has 0 saturated carbocycles. The van der Waals surface area contributed by atoms with E-state index in [0.717, 1.165) is 0 Å². The zero-order chi connectivity index (χ0) is 8.27. The number of phenolic OH excluding ortho intramolecular Hbond substituents is 1. The molecule has 0 saturated heterocycles. The molecule has 60 valence electrons. The van der Waals surface area contributed by atoms with E-state index in [1.54, 1.807) is 0 Å². The van der Waals surface area contributed by atoms with E-state index in [2.05, 4.69) is 4.18 Å². The molecule has 0 aromatic heterocycles. The molecule has 1 aromatic carbocycles. The Morgan fingerprint density at radius 3 is 2.08 bits per heavy atom. The van der Waals surface area contributed by atoms with Gasteiger partial charge in [-0.25, -0.2) is 0 Å². The van der Waals surface area contributed by atoms with Gasteiger partial charge in [0.05, 0.1) is 0 Å². The second kappa shape index (κ2) is 5.09. The van der Waals surface area contributed by atoms with Crippen molar-refractivity contribution in [3.63, 3.8) is 0 Å². The number of aromatic hydroxyl groups is 1. The van der Waals surface area contributed by atoms with Crippen LogP contribution in [0.4, 0.5) is 0 Å². The Labute approximate surface area is 83.5 Å². The van der Waals surface area contributed by atoms with Gasteiger partial charge in [0.25, 0.3) is 0 Å². The van der Waals surface area contributed by atoms with Crippen LogP contribution < -0.4 is 23.0 Å². The summed E-state index contributed by atoms with van der Waals surface area (Å²) in [5.41, 5.74) is 0. The van der Waals surface area contributed by atoms with Crippen molar-refractivity contribution < 1.29 is 36.6 Å². The molecular weight excluding hydrogens is 175 g/mol. The molecular formula is C6H5LiO4S. The van der Waals surface area contributed by atoms with Gasteiger partial charge < -0.3 is 17.7 Å². The molecule has 0 aliphatic heterocycles. The number of rotatable bonds is 2. The van der Waals surface area contributed by atoms with E-state index in [-0.39, 0.29) is 30.4 Å². The van der Waals surface area contributed by atoms with Crippen molar-refractivity contribution in [2.24, 2.45) is 0 Å². The maximum Gasteiger partial charge on any atom is 1.00 e. The minimum atomic E-state index is -2.55. The minimum absolute atomic E-state index is 0. The molecule has 0 bridgehead atoms. The molecule has 4 nitrogen and oxygen atoms in total. The molecule has 0 radical (unpaired) electrons. The molecule has 12 heavy (non-hydrogen) atoms. The normalized spacial score (nSPS) is 9.08. The van der Waals surface area contributed by atoms with E-state index in [1.165, 1.54) is 24.3 Å². The molecule has 0 aliphatic rings. The van der Waals surface area contributed by atoms with Crippen LogP contribution in [0.3, 0.4) is 0 Å². The van der Waals surface area contributed by atoms with E-state index in [1.807, 2.05) is 0 Å². The summed E-state index contributed by atoms with van der Waals surface area (Å²) >= 11 is 0. The van der Waals surface area contributed by atoms with Gasteiger partial charge in [-0.2, -0.15) is 0 Å². The molecule has 6 heteroatoms. The Hall–Kier alpha value is -0.633. The van der Waals surface area contributed by atoms with Crippen molar-refractivity contribution in [3.05, 3.63) is 24.3 Å². The van der Waals surface area contributed by atoms with Gasteiger partial charge in [-0.3, -0.25) is 0 Å². The van der Waals surface area contributed by atoms with Gasteiger partial charge in [-0.05, 0) is 24.3 Å². The Kier molecular flexibility index (Phi) is 4.82. The third-order valence-corrected chi connectivity index (χ3v) is 1.33. The van der Waals surface area contributed by atoms with Gasteiger partial charge in [0.2, 0.25) is 0 Å². The van der Waals surface area contributed by atoms with Gasteiger partial charge in [0, 0.05) is 0 Å². The predicted octanol–water partition coefficient (Wildman–Crippen LogP) is -2.00. The first-order valence-corrected chi connectivity index (χ1v) is 3.75. The summed E-state index contributed by atoms with van der Waals surface area (Å²) in [5, 5.41) is 8.78. The SMILES string of the molecule is O=[S-](=O)Oc1ccc(O)cc1.[Li+]. The topological polar surface area (TPSA) is 63.6 Å². The van der Waals surface area contributed by atoms with Gasteiger partial charge in [-0.15, -0.1) is 0 Å². The molecule has 0 atom stereocenters. The Morgan fingerprint density at radius 2 is 1.67 bits per heavy atom. The molecule has 0 amide bonds. The van der Waals surface area contributed by atoms with Crippen molar-refractivity contribution in [3.8, 4) is 11.5 Å². The van der Waals surface area contributed by atoms with Crippen molar-refractivity contribution in [2.45, 2.75) is 0 Å². The fraction of sp³-hybridized carbons (Fsp3) is 0. The first-order chi connectivity index (χ1) is 5.18. The standard InChI is InChI=1S/C6H5O4S.Li/c7-5-1-3-6(4-2-5)10-11(8)9;/h1-4,7H;/q-1;+1. The molecule has 0 unspecified atom stereocenters. The third kappa shape index (κ3) is 3.67. The first kappa shape index (κ1) is 11.4. The predicted molar refractivity (Wildman–Crippen MR) is 37.5 cm³/mol. The summed E-state index contributed by atoms with van der Waals surface area (Å²) in [4.78, 5) is 0. The fourth-order valence-electron chi connectivity index (χ4n) is 0.580. The Bertz CT molecular complexity index is 298. The van der Waals surface area contributed by atoms with Crippen LogP contribution in [0.25, 0.3) is 0 Å². The van der Waals surface area contributed by atoms with Crippen LogP contribution in [0.5, 0.6) is 11.5 Å². The summed E-state index contributed by atoms with van der Waals surface area (Å²) in [6.07, 6.45) is 0. The quantitative estimate of drug-likeness (QED) is 0.422. The maximum atomic E-state index is 9.97. The van der Waals surface area contributed by atoms with Gasteiger partial charge >= 0.3 is 18.9 Å². The van der Waals surface area contributed by atoms with Crippen molar-refractivity contribution >= 4 is 11.0 Å². The molecule has 0 aliphatic carbocycles. The smallest absolute Gasteiger partial charge is 0.533 e. The van der Waals surface area contributed by atoms with E-state index in [4.69, 9.17) is 5.11 Å². The molecule has 1 N–H and O–H groups in total. The summed E-state index contributed by atoms with van der Waals surface area (Å²) in [6.45, 7) is 0. The summed E-state index contributed by atoms with van der Waals surface area (Å²) in [7, 11) is -2.55. The first-order valence-electron chi connectivity index (χ1n) is 2.75. The molecule has 0 heterocycles. The van der Waals surface area contributed by atoms with Gasteiger partial charge in [-0.1, -0.05) is 0 Å². The molecule has 1 aromatic rings. The summed E-state index contributed by atoms with van der Waals surface area (Å²) in [5.74, 6) is 0.241. The third-order valence-electron chi connectivity index (χ3n) is 1.00. The van der Waals surface area contributed by atoms with E-state index < -0.39 is 11.0 Å². The molecule has 1 rings (SSSR count). The Morgan fingerprint density at radius 1 is 1.17 bits per heavy atom. The van der Waals surface area contributed by atoms with Crippen molar-refractivity contribution in [1.82, 2.24) is 0 Å². The molecule has 0 fully saturated rings. The van der Waals surface area contributed by atoms with E-state index in [0.29, 0.717) is 0 Å². The summed E-state index contributed by atoms with van der Waals surface area (Å²) in [6, 6.07) is 5.38. The van der Waals surface area contributed by atoms with Crippen LogP contribution in [-0.4, -0.2) is 5.11 Å². The van der Waals surface area contributed by atoms with Crippen LogP contribution in [0.15, 0.2) is 24.3 Å². The maximum absolute atomic E-state index is 9.97. The number of benzene rings is 1. The number of hydrogen-bond donors (Lipinski definition) is 1. The van der Waals surface area contributed by atoms with Crippen LogP contribution in [0, 0.1) is 0 Å². The average Bonchev–Trinajstić information content (AvgIpc) is 1.93. The van der Waals surface area contributed by atoms with E-state index in [9.17, 15) is 8.42 Å². The van der Waals surface area contributed by atoms with Crippen LogP contribution >= 0.6 is 0 Å². The van der Waals surface area contributed by atoms with Crippen LogP contribution in [0.1, 0.15) is 0 Å². The molecule has 0 spiro atoms. The average molecular weight is 180 g/mol. The van der Waals surface area contributed by atoms with Gasteiger partial charge in [0.15, 0.2) is 0 Å². The van der Waals surface area contributed by atoms with Crippen molar-refractivity contribution in [2.75, 3.05) is 0 Å². The second-order valence-electron chi connectivity index (χ2n) is 1.78. The zero-order valence-electron chi connectivity index (χ0n) is 6.39. The minimum Gasteiger partial charge on any atom is -0.533 e. The number of hydrogen-bond acceptors (Lipinski definition) is 5. The zero-order valence-corrected chi connectivity index (χ0v) is 7.21. The van der Waals surface area contributed by atoms with Crippen molar-refractivity contribution in [1.29, 1.82) is 0 Å². The Balaban J connectivity index is 0.00000121. The number of phenols is 1. The summed E-state index contributed by atoms with van der Waals surface area (Å²) < 4.78 is 24.2. The van der Waals surface area contributed by atoms with E-state index >= 15 is 0 Å². The fourth-order valence-corrected chi connectivity index (χ4v) is 0.849. The van der Waals surface area contributed by atoms with Crippen LogP contribution in [-0.2, 0) is 19.4 Å².